The molecule has 90 valence electrons. The number of hydrogen-bond acceptors (Lipinski definition) is 3. The monoisotopic (exact) mass is 265 g/mol. The van der Waals surface area contributed by atoms with E-state index in [9.17, 15) is 0 Å². The zero-order valence-electron chi connectivity index (χ0n) is 10.0. The van der Waals surface area contributed by atoms with Gasteiger partial charge in [0.1, 0.15) is 0 Å². The highest BCUT2D eigenvalue weighted by Gasteiger charge is 2.02. The lowest BCUT2D eigenvalue weighted by Crippen LogP contribution is -2.33. The second-order valence-electron chi connectivity index (χ2n) is 3.84. The highest BCUT2D eigenvalue weighted by molar-refractivity contribution is 7.99. The van der Waals surface area contributed by atoms with E-state index < -0.39 is 0 Å². The molecular weight excluding hydrogens is 248 g/mol. The Labute approximate surface area is 111 Å². The third-order valence-corrected chi connectivity index (χ3v) is 4.55. The van der Waals surface area contributed by atoms with Gasteiger partial charge in [-0.05, 0) is 19.1 Å². The van der Waals surface area contributed by atoms with Gasteiger partial charge in [0.2, 0.25) is 0 Å². The minimum absolute atomic E-state index is 1.09. The molecule has 0 saturated heterocycles. The Balaban J connectivity index is 1.63. The summed E-state index contributed by atoms with van der Waals surface area (Å²) in [5.41, 5.74) is 3.14. The average Bonchev–Trinajstić information content (AvgIpc) is 2.76. The first-order valence-electron chi connectivity index (χ1n) is 5.77. The zero-order valence-corrected chi connectivity index (χ0v) is 11.6. The second kappa shape index (κ2) is 6.77. The first-order valence-corrected chi connectivity index (χ1v) is 7.80. The van der Waals surface area contributed by atoms with Crippen molar-refractivity contribution in [3.8, 4) is 0 Å². The van der Waals surface area contributed by atoms with E-state index in [2.05, 4.69) is 47.1 Å². The van der Waals surface area contributed by atoms with Gasteiger partial charge in [-0.3, -0.25) is 0 Å². The van der Waals surface area contributed by atoms with Crippen LogP contribution >= 0.6 is 23.1 Å². The molecule has 0 bridgehead atoms. The van der Waals surface area contributed by atoms with Crippen LogP contribution in [-0.2, 0) is 13.0 Å². The number of thioether (sulfide) groups is 1. The van der Waals surface area contributed by atoms with E-state index in [0.717, 1.165) is 13.0 Å². The van der Waals surface area contributed by atoms with Crippen LogP contribution < -0.4 is 4.57 Å². The van der Waals surface area contributed by atoms with Gasteiger partial charge < -0.3 is 0 Å². The van der Waals surface area contributed by atoms with Crippen molar-refractivity contribution in [2.45, 2.75) is 19.9 Å². The average molecular weight is 265 g/mol. The molecule has 0 fully saturated rings. The molecule has 0 spiro atoms. The van der Waals surface area contributed by atoms with E-state index in [-0.39, 0.29) is 0 Å². The molecule has 2 nitrogen and oxygen atoms in total. The summed E-state index contributed by atoms with van der Waals surface area (Å²) in [6, 6.07) is 6.20. The van der Waals surface area contributed by atoms with Crippen molar-refractivity contribution in [3.63, 3.8) is 0 Å². The predicted molar refractivity (Wildman–Crippen MR) is 74.5 cm³/mol. The Hall–Kier alpha value is -0.870. The van der Waals surface area contributed by atoms with Crippen LogP contribution in [0.15, 0.2) is 36.1 Å². The first kappa shape index (κ1) is 12.6. The van der Waals surface area contributed by atoms with Crippen molar-refractivity contribution in [1.82, 2.24) is 4.98 Å². The number of thiazole rings is 1. The molecular formula is C13H17N2S2+. The summed E-state index contributed by atoms with van der Waals surface area (Å²) < 4.78 is 2.23. The molecule has 4 heteroatoms. The van der Waals surface area contributed by atoms with Gasteiger partial charge in [-0.15, -0.1) is 11.3 Å². The van der Waals surface area contributed by atoms with Crippen LogP contribution in [0.2, 0.25) is 0 Å². The van der Waals surface area contributed by atoms with Crippen LogP contribution in [0, 0.1) is 6.92 Å². The van der Waals surface area contributed by atoms with Crippen molar-refractivity contribution >= 4 is 23.1 Å². The molecule has 17 heavy (non-hydrogen) atoms. The molecule has 0 N–H and O–H groups in total. The molecule has 2 rings (SSSR count). The van der Waals surface area contributed by atoms with Crippen molar-refractivity contribution < 1.29 is 4.57 Å². The van der Waals surface area contributed by atoms with E-state index in [1.54, 1.807) is 11.3 Å². The molecule has 0 aliphatic carbocycles. The Morgan fingerprint density at radius 3 is 2.76 bits per heavy atom. The quantitative estimate of drug-likeness (QED) is 0.590. The minimum atomic E-state index is 1.09. The normalized spacial score (nSPS) is 10.6. The summed E-state index contributed by atoms with van der Waals surface area (Å²) in [6.45, 7) is 3.18. The third-order valence-electron chi connectivity index (χ3n) is 2.59. The lowest BCUT2D eigenvalue weighted by molar-refractivity contribution is -0.692. The summed E-state index contributed by atoms with van der Waals surface area (Å²) >= 11 is 3.79. The molecule has 0 aromatic carbocycles. The van der Waals surface area contributed by atoms with Crippen molar-refractivity contribution in [1.29, 1.82) is 0 Å². The molecule has 2 aromatic heterocycles. The van der Waals surface area contributed by atoms with Gasteiger partial charge in [0.25, 0.3) is 0 Å². The summed E-state index contributed by atoms with van der Waals surface area (Å²) in [7, 11) is 0. The molecule has 0 aliphatic heterocycles. The molecule has 2 aromatic rings. The Bertz CT molecular complexity index is 440. The number of nitrogens with zero attached hydrogens (tertiary/aromatic N) is 2. The molecule has 0 saturated carbocycles. The summed E-state index contributed by atoms with van der Waals surface area (Å²) in [5.74, 6) is 2.36. The maximum Gasteiger partial charge on any atom is 0.168 e. The van der Waals surface area contributed by atoms with Crippen LogP contribution in [0.3, 0.4) is 0 Å². The van der Waals surface area contributed by atoms with Crippen LogP contribution in [0.4, 0.5) is 0 Å². The molecule has 0 unspecified atom stereocenters. The van der Waals surface area contributed by atoms with E-state index in [1.165, 1.54) is 22.1 Å². The van der Waals surface area contributed by atoms with Gasteiger partial charge in [-0.25, -0.2) is 9.55 Å². The molecule has 0 amide bonds. The van der Waals surface area contributed by atoms with Gasteiger partial charge >= 0.3 is 0 Å². The number of rotatable bonds is 6. The minimum Gasteiger partial charge on any atom is -0.250 e. The summed E-state index contributed by atoms with van der Waals surface area (Å²) in [4.78, 5) is 5.70. The third kappa shape index (κ3) is 4.13. The van der Waals surface area contributed by atoms with E-state index >= 15 is 0 Å². The topological polar surface area (TPSA) is 16.8 Å². The lowest BCUT2D eigenvalue weighted by atomic mass is 10.3. The van der Waals surface area contributed by atoms with Crippen LogP contribution in [0.5, 0.6) is 0 Å². The molecule has 0 atom stereocenters. The van der Waals surface area contributed by atoms with Crippen molar-refractivity contribution in [2.24, 2.45) is 0 Å². The number of aryl methyl sites for hydroxylation is 3. The van der Waals surface area contributed by atoms with E-state index in [0.29, 0.717) is 0 Å². The molecule has 0 aliphatic rings. The van der Waals surface area contributed by atoms with Gasteiger partial charge in [0.05, 0.1) is 17.0 Å². The fourth-order valence-electron chi connectivity index (χ4n) is 1.59. The molecule has 2 heterocycles. The standard InChI is InChI=1S/C13H17N2S2/c1-12-13(17-11-14-12)5-9-16-10-8-15-6-3-2-4-7-15/h2-4,6-7,11H,5,8-10H2,1H3/q+1. The Kier molecular flexibility index (Phi) is 5.01. The van der Waals surface area contributed by atoms with Gasteiger partial charge in [0, 0.05) is 17.0 Å². The Morgan fingerprint density at radius 1 is 1.24 bits per heavy atom. The smallest absolute Gasteiger partial charge is 0.168 e. The lowest BCUT2D eigenvalue weighted by Gasteiger charge is -1.99. The van der Waals surface area contributed by atoms with Crippen molar-refractivity contribution in [2.75, 3.05) is 11.5 Å². The number of aromatic nitrogens is 2. The fraction of sp³-hybridized carbons (Fsp3) is 0.385. The highest BCUT2D eigenvalue weighted by atomic mass is 32.2. The fourth-order valence-corrected chi connectivity index (χ4v) is 3.39. The number of hydrogen-bond donors (Lipinski definition) is 0. The largest absolute Gasteiger partial charge is 0.250 e. The maximum absolute atomic E-state index is 4.27. The van der Waals surface area contributed by atoms with Crippen LogP contribution in [0.1, 0.15) is 10.6 Å². The van der Waals surface area contributed by atoms with Crippen molar-refractivity contribution in [3.05, 3.63) is 46.7 Å². The summed E-state index contributed by atoms with van der Waals surface area (Å²) in [6.07, 6.45) is 5.39. The van der Waals surface area contributed by atoms with Gasteiger partial charge in [-0.2, -0.15) is 11.8 Å². The SMILES string of the molecule is Cc1ncsc1CCSCC[n+]1ccccc1. The maximum atomic E-state index is 4.27. The highest BCUT2D eigenvalue weighted by Crippen LogP contribution is 2.15. The van der Waals surface area contributed by atoms with E-state index in [1.807, 2.05) is 17.3 Å². The van der Waals surface area contributed by atoms with Crippen LogP contribution in [-0.4, -0.2) is 16.5 Å². The number of pyridine rings is 1. The zero-order chi connectivity index (χ0) is 11.9. The van der Waals surface area contributed by atoms with E-state index in [4.69, 9.17) is 0 Å². The second-order valence-corrected chi connectivity index (χ2v) is 6.00. The Morgan fingerprint density at radius 2 is 2.06 bits per heavy atom. The van der Waals surface area contributed by atoms with Gasteiger partial charge in [0.15, 0.2) is 18.9 Å². The van der Waals surface area contributed by atoms with Crippen LogP contribution in [0.25, 0.3) is 0 Å². The summed E-state index contributed by atoms with van der Waals surface area (Å²) in [5, 5.41) is 0. The first-order chi connectivity index (χ1) is 8.36. The molecule has 0 radical (unpaired) electrons. The predicted octanol–water partition coefficient (Wildman–Crippen LogP) is 2.71. The van der Waals surface area contributed by atoms with Gasteiger partial charge in [-0.1, -0.05) is 6.07 Å².